The highest BCUT2D eigenvalue weighted by molar-refractivity contribution is 6.18. The molecule has 0 atom stereocenters. The summed E-state index contributed by atoms with van der Waals surface area (Å²) in [4.78, 5) is 24.0. The summed E-state index contributed by atoms with van der Waals surface area (Å²) >= 11 is 5.56. The van der Waals surface area contributed by atoms with E-state index >= 15 is 0 Å². The number of hydrogen-bond acceptors (Lipinski definition) is 4. The Morgan fingerprint density at radius 1 is 1.24 bits per heavy atom. The Kier molecular flexibility index (Phi) is 4.14. The molecule has 1 fully saturated rings. The van der Waals surface area contributed by atoms with Crippen molar-refractivity contribution < 1.29 is 4.79 Å². The van der Waals surface area contributed by atoms with Crippen molar-refractivity contribution >= 4 is 23.5 Å². The van der Waals surface area contributed by atoms with Gasteiger partial charge in [-0.15, -0.1) is 11.6 Å². The molecule has 5 nitrogen and oxygen atoms in total. The minimum atomic E-state index is 0.133. The number of rotatable bonds is 3. The van der Waals surface area contributed by atoms with Gasteiger partial charge in [0.25, 0.3) is 0 Å². The second-order valence-corrected chi connectivity index (χ2v) is 4.23. The minimum Gasteiger partial charge on any atom is -0.339 e. The molecule has 6 heteroatoms. The van der Waals surface area contributed by atoms with Crippen molar-refractivity contribution in [1.82, 2.24) is 14.9 Å². The van der Waals surface area contributed by atoms with Crippen molar-refractivity contribution in [3.05, 3.63) is 18.5 Å². The molecule has 1 amide bonds. The number of carbonyl (C=O) groups excluding carboxylic acids is 1. The third-order valence-corrected chi connectivity index (χ3v) is 2.96. The summed E-state index contributed by atoms with van der Waals surface area (Å²) in [5, 5.41) is 0. The molecule has 1 saturated heterocycles. The highest BCUT2D eigenvalue weighted by Gasteiger charge is 2.21. The normalized spacial score (nSPS) is 16.1. The summed E-state index contributed by atoms with van der Waals surface area (Å²) in [6.07, 6.45) is 3.88. The van der Waals surface area contributed by atoms with Crippen molar-refractivity contribution in [2.45, 2.75) is 6.42 Å². The maximum Gasteiger partial charge on any atom is 0.225 e. The van der Waals surface area contributed by atoms with Crippen molar-refractivity contribution in [2.75, 3.05) is 37.0 Å². The van der Waals surface area contributed by atoms with Gasteiger partial charge in [-0.1, -0.05) is 0 Å². The average Bonchev–Trinajstić information content (AvgIpc) is 2.40. The third-order valence-electron chi connectivity index (χ3n) is 2.78. The van der Waals surface area contributed by atoms with Gasteiger partial charge < -0.3 is 9.80 Å². The van der Waals surface area contributed by atoms with Gasteiger partial charge in [0.1, 0.15) is 0 Å². The van der Waals surface area contributed by atoms with Gasteiger partial charge in [0.2, 0.25) is 11.9 Å². The van der Waals surface area contributed by atoms with Gasteiger partial charge in [-0.2, -0.15) is 0 Å². The van der Waals surface area contributed by atoms with Crippen molar-refractivity contribution in [3.8, 4) is 0 Å². The monoisotopic (exact) mass is 254 g/mol. The van der Waals surface area contributed by atoms with Gasteiger partial charge in [-0.3, -0.25) is 4.79 Å². The molecule has 1 aliphatic rings. The van der Waals surface area contributed by atoms with Crippen LogP contribution in [0.15, 0.2) is 18.5 Å². The van der Waals surface area contributed by atoms with Gasteiger partial charge >= 0.3 is 0 Å². The molecule has 0 N–H and O–H groups in total. The van der Waals surface area contributed by atoms with Crippen LogP contribution >= 0.6 is 11.6 Å². The summed E-state index contributed by atoms with van der Waals surface area (Å²) < 4.78 is 0. The molecule has 0 aliphatic carbocycles. The fourth-order valence-electron chi connectivity index (χ4n) is 1.85. The van der Waals surface area contributed by atoms with E-state index in [1.807, 2.05) is 4.90 Å². The lowest BCUT2D eigenvalue weighted by Crippen LogP contribution is -2.49. The molecule has 92 valence electrons. The lowest BCUT2D eigenvalue weighted by molar-refractivity contribution is -0.131. The Hall–Kier alpha value is -1.36. The van der Waals surface area contributed by atoms with E-state index in [4.69, 9.17) is 11.6 Å². The van der Waals surface area contributed by atoms with E-state index in [0.29, 0.717) is 25.4 Å². The minimum absolute atomic E-state index is 0.133. The first kappa shape index (κ1) is 12.1. The number of anilines is 1. The molecule has 0 aromatic carbocycles. The number of piperazine rings is 1. The Bertz CT molecular complexity index is 365. The summed E-state index contributed by atoms with van der Waals surface area (Å²) in [7, 11) is 0. The van der Waals surface area contributed by atoms with Gasteiger partial charge in [-0.25, -0.2) is 9.97 Å². The van der Waals surface area contributed by atoms with E-state index in [-0.39, 0.29) is 5.91 Å². The molecule has 1 aliphatic heterocycles. The quantitative estimate of drug-likeness (QED) is 0.747. The van der Waals surface area contributed by atoms with Crippen LogP contribution in [0.2, 0.25) is 0 Å². The standard InChI is InChI=1S/C11H15ClN4O/c12-3-2-10(17)15-6-8-16(9-7-15)11-13-4-1-5-14-11/h1,4-5H,2-3,6-9H2. The summed E-state index contributed by atoms with van der Waals surface area (Å²) in [5.74, 6) is 1.26. The molecule has 0 unspecified atom stereocenters. The summed E-state index contributed by atoms with van der Waals surface area (Å²) in [6, 6.07) is 1.80. The fraction of sp³-hybridized carbons (Fsp3) is 0.545. The maximum atomic E-state index is 11.6. The first-order valence-corrected chi connectivity index (χ1v) is 6.20. The van der Waals surface area contributed by atoms with E-state index in [9.17, 15) is 4.79 Å². The Labute approximate surface area is 105 Å². The highest BCUT2D eigenvalue weighted by Crippen LogP contribution is 2.10. The highest BCUT2D eigenvalue weighted by atomic mass is 35.5. The second-order valence-electron chi connectivity index (χ2n) is 3.86. The van der Waals surface area contributed by atoms with Crippen molar-refractivity contribution in [3.63, 3.8) is 0 Å². The van der Waals surface area contributed by atoms with Crippen LogP contribution in [-0.4, -0.2) is 52.8 Å². The fourth-order valence-corrected chi connectivity index (χ4v) is 2.01. The summed E-state index contributed by atoms with van der Waals surface area (Å²) in [6.45, 7) is 2.98. The zero-order valence-electron chi connectivity index (χ0n) is 9.55. The molecular weight excluding hydrogens is 240 g/mol. The van der Waals surface area contributed by atoms with Crippen LogP contribution in [0.5, 0.6) is 0 Å². The number of hydrogen-bond donors (Lipinski definition) is 0. The first-order valence-electron chi connectivity index (χ1n) is 5.67. The van der Waals surface area contributed by atoms with E-state index in [1.165, 1.54) is 0 Å². The number of nitrogens with zero attached hydrogens (tertiary/aromatic N) is 4. The van der Waals surface area contributed by atoms with Crippen LogP contribution in [-0.2, 0) is 4.79 Å². The van der Waals surface area contributed by atoms with Gasteiger partial charge in [-0.05, 0) is 6.07 Å². The van der Waals surface area contributed by atoms with Crippen molar-refractivity contribution in [1.29, 1.82) is 0 Å². The van der Waals surface area contributed by atoms with Crippen LogP contribution in [0.1, 0.15) is 6.42 Å². The maximum absolute atomic E-state index is 11.6. The number of carbonyl (C=O) groups is 1. The Morgan fingerprint density at radius 3 is 2.47 bits per heavy atom. The lowest BCUT2D eigenvalue weighted by Gasteiger charge is -2.34. The number of halogens is 1. The zero-order chi connectivity index (χ0) is 12.1. The molecule has 17 heavy (non-hydrogen) atoms. The summed E-state index contributed by atoms with van der Waals surface area (Å²) in [5.41, 5.74) is 0. The smallest absolute Gasteiger partial charge is 0.225 e. The lowest BCUT2D eigenvalue weighted by atomic mass is 10.3. The van der Waals surface area contributed by atoms with E-state index in [1.54, 1.807) is 18.5 Å². The second kappa shape index (κ2) is 5.82. The largest absolute Gasteiger partial charge is 0.339 e. The van der Waals surface area contributed by atoms with Crippen molar-refractivity contribution in [2.24, 2.45) is 0 Å². The zero-order valence-corrected chi connectivity index (χ0v) is 10.3. The first-order chi connectivity index (χ1) is 8.31. The van der Waals surface area contributed by atoms with Crippen LogP contribution in [0.3, 0.4) is 0 Å². The Balaban J connectivity index is 1.88. The molecule has 0 saturated carbocycles. The molecule has 0 bridgehead atoms. The molecular formula is C11H15ClN4O. The molecule has 1 aromatic heterocycles. The van der Waals surface area contributed by atoms with E-state index < -0.39 is 0 Å². The predicted octanol–water partition coefficient (Wildman–Crippen LogP) is 0.754. The SMILES string of the molecule is O=C(CCCl)N1CCN(c2ncccn2)CC1. The molecule has 0 radical (unpaired) electrons. The van der Waals surface area contributed by atoms with Gasteiger partial charge in [0.05, 0.1) is 0 Å². The molecule has 0 spiro atoms. The predicted molar refractivity (Wildman–Crippen MR) is 66.2 cm³/mol. The number of aromatic nitrogens is 2. The average molecular weight is 255 g/mol. The Morgan fingerprint density at radius 2 is 1.88 bits per heavy atom. The molecule has 2 rings (SSSR count). The number of alkyl halides is 1. The van der Waals surface area contributed by atoms with Crippen LogP contribution in [0.25, 0.3) is 0 Å². The molecule has 2 heterocycles. The van der Waals surface area contributed by atoms with Crippen LogP contribution < -0.4 is 4.90 Å². The van der Waals surface area contributed by atoms with Gasteiger partial charge in [0.15, 0.2) is 0 Å². The molecule has 1 aromatic rings. The van der Waals surface area contributed by atoms with E-state index in [0.717, 1.165) is 19.0 Å². The topological polar surface area (TPSA) is 49.3 Å². The van der Waals surface area contributed by atoms with Crippen LogP contribution in [0, 0.1) is 0 Å². The van der Waals surface area contributed by atoms with Crippen LogP contribution in [0.4, 0.5) is 5.95 Å². The van der Waals surface area contributed by atoms with Gasteiger partial charge in [0, 0.05) is 50.9 Å². The van der Waals surface area contributed by atoms with E-state index in [2.05, 4.69) is 14.9 Å². The third kappa shape index (κ3) is 3.06. The number of amides is 1.